The van der Waals surface area contributed by atoms with Crippen molar-refractivity contribution in [3.63, 3.8) is 0 Å². The second-order valence-corrected chi connectivity index (χ2v) is 3.84. The standard InChI is InChI=1S/C11H15N3O/c1-13-5-7-14(8-6-13)11(15)10-3-2-4-12-9-10/h2-4,9H,5-8H2,1H3. The lowest BCUT2D eigenvalue weighted by Crippen LogP contribution is -2.47. The Morgan fingerprint density at radius 2 is 2.07 bits per heavy atom. The fourth-order valence-electron chi connectivity index (χ4n) is 1.68. The molecule has 1 saturated heterocycles. The first-order valence-electron chi connectivity index (χ1n) is 5.15. The van der Waals surface area contributed by atoms with Gasteiger partial charge in [0.1, 0.15) is 0 Å². The minimum atomic E-state index is 0.0937. The summed E-state index contributed by atoms with van der Waals surface area (Å²) in [5, 5.41) is 0. The summed E-state index contributed by atoms with van der Waals surface area (Å²) in [6.07, 6.45) is 3.31. The molecule has 0 bridgehead atoms. The van der Waals surface area contributed by atoms with Crippen molar-refractivity contribution in [1.29, 1.82) is 0 Å². The fourth-order valence-corrected chi connectivity index (χ4v) is 1.68. The first-order chi connectivity index (χ1) is 7.27. The van der Waals surface area contributed by atoms with Crippen LogP contribution in [-0.4, -0.2) is 53.9 Å². The zero-order valence-corrected chi connectivity index (χ0v) is 8.89. The van der Waals surface area contributed by atoms with E-state index in [0.717, 1.165) is 26.2 Å². The lowest BCUT2D eigenvalue weighted by molar-refractivity contribution is 0.0663. The molecule has 0 saturated carbocycles. The number of rotatable bonds is 1. The molecule has 4 nitrogen and oxygen atoms in total. The monoisotopic (exact) mass is 205 g/mol. The molecule has 0 N–H and O–H groups in total. The van der Waals surface area contributed by atoms with Gasteiger partial charge < -0.3 is 9.80 Å². The van der Waals surface area contributed by atoms with E-state index in [9.17, 15) is 4.79 Å². The number of piperazine rings is 1. The van der Waals surface area contributed by atoms with Crippen molar-refractivity contribution in [2.75, 3.05) is 33.2 Å². The van der Waals surface area contributed by atoms with E-state index in [0.29, 0.717) is 5.56 Å². The smallest absolute Gasteiger partial charge is 0.255 e. The lowest BCUT2D eigenvalue weighted by Gasteiger charge is -2.32. The summed E-state index contributed by atoms with van der Waals surface area (Å²) >= 11 is 0. The molecule has 0 radical (unpaired) electrons. The quantitative estimate of drug-likeness (QED) is 0.668. The molecule has 1 aliphatic heterocycles. The Labute approximate surface area is 89.5 Å². The SMILES string of the molecule is CN1CCN(C(=O)c2cccnc2)CC1. The highest BCUT2D eigenvalue weighted by Gasteiger charge is 2.19. The van der Waals surface area contributed by atoms with E-state index < -0.39 is 0 Å². The van der Waals surface area contributed by atoms with Crippen LogP contribution in [0.25, 0.3) is 0 Å². The highest BCUT2D eigenvalue weighted by Crippen LogP contribution is 2.06. The van der Waals surface area contributed by atoms with E-state index in [2.05, 4.69) is 16.9 Å². The molecule has 4 heteroatoms. The predicted octanol–water partition coefficient (Wildman–Crippen LogP) is 0.469. The normalized spacial score (nSPS) is 17.8. The van der Waals surface area contributed by atoms with Crippen LogP contribution < -0.4 is 0 Å². The summed E-state index contributed by atoms with van der Waals surface area (Å²) in [6.45, 7) is 3.52. The van der Waals surface area contributed by atoms with Crippen molar-refractivity contribution in [1.82, 2.24) is 14.8 Å². The molecular weight excluding hydrogens is 190 g/mol. The van der Waals surface area contributed by atoms with E-state index >= 15 is 0 Å². The lowest BCUT2D eigenvalue weighted by atomic mass is 10.2. The summed E-state index contributed by atoms with van der Waals surface area (Å²) in [6, 6.07) is 3.61. The average Bonchev–Trinajstić information content (AvgIpc) is 2.30. The van der Waals surface area contributed by atoms with Gasteiger partial charge >= 0.3 is 0 Å². The van der Waals surface area contributed by atoms with E-state index in [1.807, 2.05) is 11.0 Å². The Kier molecular flexibility index (Phi) is 2.97. The van der Waals surface area contributed by atoms with Gasteiger partial charge in [-0.05, 0) is 19.2 Å². The van der Waals surface area contributed by atoms with Crippen molar-refractivity contribution in [3.05, 3.63) is 30.1 Å². The Bertz CT molecular complexity index is 331. The maximum atomic E-state index is 12.0. The van der Waals surface area contributed by atoms with Gasteiger partial charge in [-0.25, -0.2) is 0 Å². The van der Waals surface area contributed by atoms with Crippen molar-refractivity contribution in [3.8, 4) is 0 Å². The summed E-state index contributed by atoms with van der Waals surface area (Å²) in [5.74, 6) is 0.0937. The zero-order chi connectivity index (χ0) is 10.7. The van der Waals surface area contributed by atoms with Gasteiger partial charge in [-0.3, -0.25) is 9.78 Å². The van der Waals surface area contributed by atoms with Crippen LogP contribution >= 0.6 is 0 Å². The fraction of sp³-hybridized carbons (Fsp3) is 0.455. The zero-order valence-electron chi connectivity index (χ0n) is 8.89. The highest BCUT2D eigenvalue weighted by atomic mass is 16.2. The summed E-state index contributed by atoms with van der Waals surface area (Å²) in [5.41, 5.74) is 0.682. The molecule has 1 amide bonds. The predicted molar refractivity (Wildman–Crippen MR) is 57.6 cm³/mol. The van der Waals surface area contributed by atoms with Crippen LogP contribution in [0, 0.1) is 0 Å². The number of likely N-dealkylation sites (N-methyl/N-ethyl adjacent to an activating group) is 1. The molecule has 1 aromatic rings. The molecule has 15 heavy (non-hydrogen) atoms. The Morgan fingerprint density at radius 1 is 1.33 bits per heavy atom. The summed E-state index contributed by atoms with van der Waals surface area (Å²) in [4.78, 5) is 20.0. The number of carbonyl (C=O) groups excluding carboxylic acids is 1. The largest absolute Gasteiger partial charge is 0.336 e. The van der Waals surface area contributed by atoms with Crippen LogP contribution in [-0.2, 0) is 0 Å². The first-order valence-corrected chi connectivity index (χ1v) is 5.15. The van der Waals surface area contributed by atoms with Gasteiger partial charge in [0.2, 0.25) is 0 Å². The third-order valence-corrected chi connectivity index (χ3v) is 2.70. The van der Waals surface area contributed by atoms with Crippen molar-refractivity contribution in [2.24, 2.45) is 0 Å². The number of carbonyl (C=O) groups is 1. The molecule has 2 heterocycles. The van der Waals surface area contributed by atoms with Gasteiger partial charge in [-0.2, -0.15) is 0 Å². The third kappa shape index (κ3) is 2.33. The summed E-state index contributed by atoms with van der Waals surface area (Å²) in [7, 11) is 2.08. The topological polar surface area (TPSA) is 36.4 Å². The molecule has 1 aliphatic rings. The summed E-state index contributed by atoms with van der Waals surface area (Å²) < 4.78 is 0. The number of hydrogen-bond acceptors (Lipinski definition) is 3. The third-order valence-electron chi connectivity index (χ3n) is 2.70. The van der Waals surface area contributed by atoms with E-state index in [-0.39, 0.29) is 5.91 Å². The maximum absolute atomic E-state index is 12.0. The second kappa shape index (κ2) is 4.40. The molecule has 0 aliphatic carbocycles. The van der Waals surface area contributed by atoms with Crippen molar-refractivity contribution >= 4 is 5.91 Å². The average molecular weight is 205 g/mol. The molecule has 0 spiro atoms. The molecule has 0 aromatic carbocycles. The molecule has 80 valence electrons. The molecule has 0 unspecified atom stereocenters. The van der Waals surface area contributed by atoms with Crippen LogP contribution in [0.15, 0.2) is 24.5 Å². The highest BCUT2D eigenvalue weighted by molar-refractivity contribution is 5.93. The maximum Gasteiger partial charge on any atom is 0.255 e. The van der Waals surface area contributed by atoms with E-state index in [1.165, 1.54) is 0 Å². The molecule has 1 aromatic heterocycles. The Morgan fingerprint density at radius 3 is 2.67 bits per heavy atom. The minimum Gasteiger partial charge on any atom is -0.336 e. The van der Waals surface area contributed by atoms with E-state index in [1.54, 1.807) is 18.5 Å². The van der Waals surface area contributed by atoms with Gasteiger partial charge in [0.25, 0.3) is 5.91 Å². The van der Waals surface area contributed by atoms with Crippen molar-refractivity contribution in [2.45, 2.75) is 0 Å². The van der Waals surface area contributed by atoms with Gasteiger partial charge in [0.05, 0.1) is 5.56 Å². The van der Waals surface area contributed by atoms with Crippen LogP contribution in [0.4, 0.5) is 0 Å². The van der Waals surface area contributed by atoms with Gasteiger partial charge in [0.15, 0.2) is 0 Å². The molecule has 2 rings (SSSR count). The molecule has 0 atom stereocenters. The van der Waals surface area contributed by atoms with Crippen LogP contribution in [0.1, 0.15) is 10.4 Å². The van der Waals surface area contributed by atoms with Crippen LogP contribution in [0.2, 0.25) is 0 Å². The van der Waals surface area contributed by atoms with Gasteiger partial charge in [-0.1, -0.05) is 0 Å². The molecular formula is C11H15N3O. The second-order valence-electron chi connectivity index (χ2n) is 3.84. The van der Waals surface area contributed by atoms with Crippen LogP contribution in [0.5, 0.6) is 0 Å². The van der Waals surface area contributed by atoms with Crippen molar-refractivity contribution < 1.29 is 4.79 Å². The van der Waals surface area contributed by atoms with E-state index in [4.69, 9.17) is 0 Å². The molecule has 1 fully saturated rings. The Hall–Kier alpha value is -1.42. The number of aromatic nitrogens is 1. The minimum absolute atomic E-state index is 0.0937. The number of nitrogens with zero attached hydrogens (tertiary/aromatic N) is 3. The Balaban J connectivity index is 2.03. The first kappa shape index (κ1) is 10.1. The number of hydrogen-bond donors (Lipinski definition) is 0. The van der Waals surface area contributed by atoms with Crippen LogP contribution in [0.3, 0.4) is 0 Å². The van der Waals surface area contributed by atoms with Gasteiger partial charge in [-0.15, -0.1) is 0 Å². The number of pyridine rings is 1. The number of amides is 1. The van der Waals surface area contributed by atoms with Gasteiger partial charge in [0, 0.05) is 38.6 Å².